The molecular formula is C44H58ClN5O13S2. The average molecular weight is 965 g/mol. The van der Waals surface area contributed by atoms with Crippen molar-refractivity contribution in [3.63, 3.8) is 0 Å². The van der Waals surface area contributed by atoms with E-state index in [4.69, 9.17) is 35.3 Å². The maximum absolute atomic E-state index is 14.3. The Hall–Kier alpha value is -4.60. The predicted octanol–water partition coefficient (Wildman–Crippen LogP) is 3.72. The van der Waals surface area contributed by atoms with Crippen molar-refractivity contribution >= 4 is 80.5 Å². The van der Waals surface area contributed by atoms with Gasteiger partial charge in [-0.15, -0.1) is 0 Å². The van der Waals surface area contributed by atoms with E-state index < -0.39 is 77.5 Å². The first-order chi connectivity index (χ1) is 30.7. The van der Waals surface area contributed by atoms with Gasteiger partial charge in [0, 0.05) is 83.1 Å². The fourth-order valence-corrected chi connectivity index (χ4v) is 10.0. The van der Waals surface area contributed by atoms with E-state index in [0.717, 1.165) is 16.0 Å². The minimum absolute atomic E-state index is 0.00129. The molecule has 1 aromatic carbocycles. The summed E-state index contributed by atoms with van der Waals surface area (Å²) in [6.45, 7) is 7.25. The second kappa shape index (κ2) is 22.3. The number of hydrogen-bond donors (Lipinski definition) is 3. The maximum Gasteiger partial charge on any atom is 0.409 e. The van der Waals surface area contributed by atoms with Gasteiger partial charge in [0.15, 0.2) is 5.72 Å². The number of carbonyl (C=O) groups is 7. The first-order valence-corrected chi connectivity index (χ1v) is 24.0. The normalized spacial score (nSPS) is 28.6. The third kappa shape index (κ3) is 12.6. The summed E-state index contributed by atoms with van der Waals surface area (Å²) in [5.74, 6) is -2.04. The highest BCUT2D eigenvalue weighted by Gasteiger charge is 2.64. The lowest BCUT2D eigenvalue weighted by atomic mass is 9.83. The number of anilines is 1. The number of fused-ring (bicyclic) bond motifs is 5. The Labute approximate surface area is 391 Å². The number of alkyl carbamates (subject to hydrolysis) is 1. The Morgan fingerprint density at radius 1 is 1.11 bits per heavy atom. The van der Waals surface area contributed by atoms with Crippen molar-refractivity contribution in [3.8, 4) is 5.75 Å². The molecule has 4 aliphatic rings. The van der Waals surface area contributed by atoms with E-state index in [1.54, 1.807) is 45.2 Å². The second-order valence-electron chi connectivity index (χ2n) is 16.6. The van der Waals surface area contributed by atoms with Crippen LogP contribution in [-0.2, 0) is 54.1 Å². The van der Waals surface area contributed by atoms with Crippen LogP contribution in [0.15, 0.2) is 48.1 Å². The number of benzene rings is 1. The molecule has 6 amide bonds. The van der Waals surface area contributed by atoms with Crippen molar-refractivity contribution in [2.24, 2.45) is 5.92 Å². The summed E-state index contributed by atoms with van der Waals surface area (Å²) >= 11 is 6.79. The molecular weight excluding hydrogens is 906 g/mol. The Morgan fingerprint density at radius 2 is 1.80 bits per heavy atom. The lowest BCUT2D eigenvalue weighted by Gasteiger charge is -2.42. The number of halogens is 1. The molecule has 0 aliphatic carbocycles. The number of aliphatic hydroxyl groups is 1. The highest BCUT2D eigenvalue weighted by molar-refractivity contribution is 8.76. The Morgan fingerprint density at radius 3 is 2.48 bits per heavy atom. The van der Waals surface area contributed by atoms with Gasteiger partial charge >= 0.3 is 12.1 Å². The number of rotatable bonds is 15. The molecule has 356 valence electrons. The fourth-order valence-electron chi connectivity index (χ4n) is 7.83. The van der Waals surface area contributed by atoms with E-state index in [1.807, 2.05) is 13.0 Å². The third-order valence-corrected chi connectivity index (χ3v) is 14.8. The lowest BCUT2D eigenvalue weighted by molar-refractivity contribution is -0.162. The van der Waals surface area contributed by atoms with Crippen LogP contribution in [0.5, 0.6) is 5.75 Å². The van der Waals surface area contributed by atoms with Gasteiger partial charge in [0.2, 0.25) is 17.7 Å². The Kier molecular flexibility index (Phi) is 17.6. The van der Waals surface area contributed by atoms with Crippen molar-refractivity contribution < 1.29 is 62.4 Å². The van der Waals surface area contributed by atoms with Crippen molar-refractivity contribution in [2.45, 2.75) is 102 Å². The second-order valence-corrected chi connectivity index (χ2v) is 19.6. The topological polar surface area (TPSA) is 223 Å². The summed E-state index contributed by atoms with van der Waals surface area (Å²) in [6, 6.07) is 2.49. The van der Waals surface area contributed by atoms with Crippen LogP contribution in [0.4, 0.5) is 10.5 Å². The van der Waals surface area contributed by atoms with Crippen LogP contribution in [0.1, 0.15) is 58.9 Å². The van der Waals surface area contributed by atoms with E-state index in [-0.39, 0.29) is 49.1 Å². The van der Waals surface area contributed by atoms with Gasteiger partial charge in [-0.25, -0.2) is 9.59 Å². The standard InChI is InChI=1S/C44H58ClN5O13S2/c1-25-10-9-11-32(60-8)44(58)24-31(61-42(57)47-44)26(2)40-43(4,63-40)33(23-38(55)49(6)29-21-28(20-25)22-30(59-7)39(29)45)62-41(56)27(3)48(5)35(52)15-18-64-65-19-16-46-34(51)14-17-50-36(53)12-13-37(50)54/h9-13,21-22,26-27,31-33,40,58H,14-20,23-24H2,1-8H3,(H,46,51)(H,47,57)/b11-9+,25-10+/t26-,27+,31+,32-,33+,40+,43?,44+/m1/s1. The molecule has 2 saturated heterocycles. The summed E-state index contributed by atoms with van der Waals surface area (Å²) in [7, 11) is 8.80. The zero-order chi connectivity index (χ0) is 47.8. The highest BCUT2D eigenvalue weighted by Crippen LogP contribution is 2.49. The van der Waals surface area contributed by atoms with Crippen LogP contribution in [0.3, 0.4) is 0 Å². The van der Waals surface area contributed by atoms with E-state index >= 15 is 0 Å². The minimum atomic E-state index is -1.86. The van der Waals surface area contributed by atoms with Gasteiger partial charge in [-0.1, -0.05) is 63.9 Å². The zero-order valence-corrected chi connectivity index (χ0v) is 40.1. The molecule has 4 aliphatic heterocycles. The molecule has 4 bridgehead atoms. The number of ether oxygens (including phenoxy) is 5. The quantitative estimate of drug-likeness (QED) is 0.0750. The number of nitrogens with one attached hydrogen (secondary N) is 2. The Bertz CT molecular complexity index is 2090. The molecule has 5 rings (SSSR count). The number of imide groups is 1. The summed E-state index contributed by atoms with van der Waals surface area (Å²) in [6.07, 6.45) is 3.00. The molecule has 0 saturated carbocycles. The molecule has 0 aromatic heterocycles. The third-order valence-electron chi connectivity index (χ3n) is 12.0. The Balaban J connectivity index is 1.26. The monoisotopic (exact) mass is 963 g/mol. The lowest BCUT2D eigenvalue weighted by Crippen LogP contribution is -2.63. The number of esters is 1. The number of carbonyl (C=O) groups excluding carboxylic acids is 7. The molecule has 18 nitrogen and oxygen atoms in total. The largest absolute Gasteiger partial charge is 0.495 e. The molecule has 21 heteroatoms. The van der Waals surface area contributed by atoms with Gasteiger partial charge in [-0.3, -0.25) is 34.2 Å². The molecule has 65 heavy (non-hydrogen) atoms. The van der Waals surface area contributed by atoms with Crippen LogP contribution in [0, 0.1) is 5.92 Å². The van der Waals surface area contributed by atoms with Crippen LogP contribution in [0.2, 0.25) is 5.02 Å². The van der Waals surface area contributed by atoms with Gasteiger partial charge in [-0.2, -0.15) is 0 Å². The number of amides is 6. The molecule has 2 fully saturated rings. The average Bonchev–Trinajstić information content (AvgIpc) is 3.86. The van der Waals surface area contributed by atoms with Gasteiger partial charge in [0.25, 0.3) is 11.8 Å². The number of nitrogens with zero attached hydrogens (tertiary/aromatic N) is 3. The number of hydrogen-bond acceptors (Lipinski definition) is 15. The number of epoxide rings is 1. The van der Waals surface area contributed by atoms with Crippen LogP contribution < -0.4 is 20.3 Å². The predicted molar refractivity (Wildman–Crippen MR) is 244 cm³/mol. The summed E-state index contributed by atoms with van der Waals surface area (Å²) in [5.41, 5.74) is -1.09. The molecule has 1 unspecified atom stereocenters. The first kappa shape index (κ1) is 51.4. The van der Waals surface area contributed by atoms with Crippen molar-refractivity contribution in [1.82, 2.24) is 20.4 Å². The summed E-state index contributed by atoms with van der Waals surface area (Å²) in [5, 5.41) is 17.2. The number of allylic oxidation sites excluding steroid dienone is 3. The van der Waals surface area contributed by atoms with Crippen LogP contribution >= 0.6 is 33.2 Å². The van der Waals surface area contributed by atoms with E-state index in [1.165, 1.54) is 71.7 Å². The van der Waals surface area contributed by atoms with Crippen molar-refractivity contribution in [1.29, 1.82) is 0 Å². The molecule has 3 N–H and O–H groups in total. The fraction of sp³-hybridized carbons (Fsp3) is 0.568. The molecule has 8 atom stereocenters. The van der Waals surface area contributed by atoms with Crippen LogP contribution in [0.25, 0.3) is 0 Å². The maximum atomic E-state index is 14.3. The van der Waals surface area contributed by atoms with Crippen molar-refractivity contribution in [2.75, 3.05) is 57.8 Å². The van der Waals surface area contributed by atoms with Gasteiger partial charge < -0.3 is 43.9 Å². The van der Waals surface area contributed by atoms with Gasteiger partial charge in [0.1, 0.15) is 40.7 Å². The van der Waals surface area contributed by atoms with E-state index in [0.29, 0.717) is 35.9 Å². The smallest absolute Gasteiger partial charge is 0.409 e. The van der Waals surface area contributed by atoms with Gasteiger partial charge in [0.05, 0.1) is 25.3 Å². The van der Waals surface area contributed by atoms with Gasteiger partial charge in [-0.05, 0) is 44.9 Å². The SMILES string of the molecule is COc1cc2cc(c1Cl)N(C)C(=O)C[C@H](OC(=O)[C@H](C)N(C)C(=O)CCSSCCNC(=O)CCN1C(=O)C=CC1=O)C1(C)O[C@H]1[C@H](C)[C@@H]1C[C@@](O)(NC(=O)O1)[C@H](OC)/C=C/C=C(\C)C2. The summed E-state index contributed by atoms with van der Waals surface area (Å²) < 4.78 is 29.3. The zero-order valence-electron chi connectivity index (χ0n) is 37.8. The molecule has 0 spiro atoms. The number of methoxy groups -OCH3 is 2. The van der Waals surface area contributed by atoms with E-state index in [9.17, 15) is 38.7 Å². The minimum Gasteiger partial charge on any atom is -0.495 e. The molecule has 1 aromatic rings. The molecule has 0 radical (unpaired) electrons. The number of likely N-dealkylation sites (N-methyl/N-ethyl adjacent to an activating group) is 1. The summed E-state index contributed by atoms with van der Waals surface area (Å²) in [4.78, 5) is 93.5. The first-order valence-electron chi connectivity index (χ1n) is 21.1. The molecule has 4 heterocycles. The van der Waals surface area contributed by atoms with E-state index in [2.05, 4.69) is 10.6 Å². The highest BCUT2D eigenvalue weighted by atomic mass is 35.5. The van der Waals surface area contributed by atoms with Crippen LogP contribution in [-0.4, -0.2) is 151 Å². The van der Waals surface area contributed by atoms with Crippen molar-refractivity contribution in [3.05, 3.63) is 58.7 Å².